The van der Waals surface area contributed by atoms with Gasteiger partial charge in [0.1, 0.15) is 0 Å². The lowest BCUT2D eigenvalue weighted by atomic mass is 10.0. The highest BCUT2D eigenvalue weighted by Crippen LogP contribution is 2.22. The maximum absolute atomic E-state index is 9.49. The molecule has 0 spiro atoms. The Balaban J connectivity index is 2.71. The van der Waals surface area contributed by atoms with E-state index in [1.54, 1.807) is 6.92 Å². The number of aryl methyl sites for hydroxylation is 2. The molecule has 0 amide bonds. The van der Waals surface area contributed by atoms with E-state index in [-0.39, 0.29) is 0 Å². The Labute approximate surface area is 89.6 Å². The minimum absolute atomic E-state index is 0.433. The highest BCUT2D eigenvalue weighted by molar-refractivity contribution is 5.82. The first-order chi connectivity index (χ1) is 7.08. The van der Waals surface area contributed by atoms with E-state index in [0.29, 0.717) is 0 Å². The molecule has 2 heteroatoms. The molecule has 0 aliphatic rings. The number of aliphatic hydroxyl groups is 1. The molecule has 1 aromatic carbocycles. The summed E-state index contributed by atoms with van der Waals surface area (Å²) in [6.07, 6.45) is -0.433. The number of rotatable bonds is 1. The second-order valence-electron chi connectivity index (χ2n) is 4.03. The molecule has 2 nitrogen and oxygen atoms in total. The van der Waals surface area contributed by atoms with Gasteiger partial charge in [-0.05, 0) is 44.0 Å². The van der Waals surface area contributed by atoms with Crippen LogP contribution in [0.2, 0.25) is 0 Å². The Morgan fingerprint density at radius 2 is 1.93 bits per heavy atom. The number of benzene rings is 1. The summed E-state index contributed by atoms with van der Waals surface area (Å²) < 4.78 is 0. The minimum Gasteiger partial charge on any atom is -0.389 e. The molecule has 2 rings (SSSR count). The molecular formula is C13H15NO. The number of nitrogens with zero attached hydrogens (tertiary/aromatic N) is 1. The van der Waals surface area contributed by atoms with E-state index in [4.69, 9.17) is 0 Å². The molecule has 78 valence electrons. The molecule has 0 aliphatic heterocycles. The zero-order chi connectivity index (χ0) is 11.0. The molecule has 0 radical (unpaired) electrons. The summed E-state index contributed by atoms with van der Waals surface area (Å²) in [5, 5.41) is 10.7. The second-order valence-corrected chi connectivity index (χ2v) is 4.03. The topological polar surface area (TPSA) is 33.1 Å². The van der Waals surface area contributed by atoms with Gasteiger partial charge in [0.25, 0.3) is 0 Å². The summed E-state index contributed by atoms with van der Waals surface area (Å²) >= 11 is 0. The fraction of sp³-hybridized carbons (Fsp3) is 0.308. The van der Waals surface area contributed by atoms with Crippen molar-refractivity contribution in [3.63, 3.8) is 0 Å². The van der Waals surface area contributed by atoms with Gasteiger partial charge in [-0.2, -0.15) is 0 Å². The zero-order valence-corrected chi connectivity index (χ0v) is 9.28. The van der Waals surface area contributed by atoms with Crippen LogP contribution in [0.25, 0.3) is 10.9 Å². The molecule has 2 aromatic rings. The van der Waals surface area contributed by atoms with Gasteiger partial charge in [-0.25, -0.2) is 0 Å². The van der Waals surface area contributed by atoms with Crippen LogP contribution in [0.1, 0.15) is 29.8 Å². The molecule has 1 N–H and O–H groups in total. The average molecular weight is 201 g/mol. The van der Waals surface area contributed by atoms with E-state index in [1.165, 1.54) is 5.56 Å². The molecule has 0 saturated heterocycles. The Bertz CT molecular complexity index is 503. The molecule has 0 saturated carbocycles. The van der Waals surface area contributed by atoms with Crippen LogP contribution in [0, 0.1) is 13.8 Å². The summed E-state index contributed by atoms with van der Waals surface area (Å²) in [6, 6.07) is 8.01. The van der Waals surface area contributed by atoms with Crippen molar-refractivity contribution in [1.29, 1.82) is 0 Å². The predicted molar refractivity (Wildman–Crippen MR) is 61.9 cm³/mol. The van der Waals surface area contributed by atoms with E-state index in [9.17, 15) is 5.11 Å². The standard InChI is InChI=1S/C13H15NO/c1-8-6-9(2)14-13-7-11(10(3)15)4-5-12(8)13/h4-7,10,15H,1-3H3. The average Bonchev–Trinajstić information content (AvgIpc) is 2.16. The van der Waals surface area contributed by atoms with Crippen molar-refractivity contribution in [3.8, 4) is 0 Å². The Hall–Kier alpha value is -1.41. The quantitative estimate of drug-likeness (QED) is 0.769. The van der Waals surface area contributed by atoms with Crippen molar-refractivity contribution in [3.05, 3.63) is 41.1 Å². The highest BCUT2D eigenvalue weighted by Gasteiger charge is 2.04. The third kappa shape index (κ3) is 1.85. The van der Waals surface area contributed by atoms with Gasteiger partial charge in [-0.3, -0.25) is 4.98 Å². The second kappa shape index (κ2) is 3.63. The van der Waals surface area contributed by atoms with Gasteiger partial charge >= 0.3 is 0 Å². The minimum atomic E-state index is -0.433. The van der Waals surface area contributed by atoms with Crippen molar-refractivity contribution >= 4 is 10.9 Å². The zero-order valence-electron chi connectivity index (χ0n) is 9.28. The number of pyridine rings is 1. The van der Waals surface area contributed by atoms with Crippen molar-refractivity contribution in [1.82, 2.24) is 4.98 Å². The molecular weight excluding hydrogens is 186 g/mol. The maximum Gasteiger partial charge on any atom is 0.0762 e. The lowest BCUT2D eigenvalue weighted by molar-refractivity contribution is 0.199. The molecule has 1 aromatic heterocycles. The fourth-order valence-corrected chi connectivity index (χ4v) is 1.85. The summed E-state index contributed by atoms with van der Waals surface area (Å²) in [6.45, 7) is 5.84. The van der Waals surface area contributed by atoms with E-state index < -0.39 is 6.10 Å². The number of aromatic nitrogens is 1. The largest absolute Gasteiger partial charge is 0.389 e. The van der Waals surface area contributed by atoms with E-state index in [0.717, 1.165) is 22.2 Å². The number of hydrogen-bond donors (Lipinski definition) is 1. The van der Waals surface area contributed by atoms with Crippen molar-refractivity contribution in [2.75, 3.05) is 0 Å². The molecule has 0 fully saturated rings. The molecule has 1 heterocycles. The summed E-state index contributed by atoms with van der Waals surface area (Å²) in [4.78, 5) is 4.47. The van der Waals surface area contributed by atoms with Gasteiger partial charge < -0.3 is 5.11 Å². The van der Waals surface area contributed by atoms with Gasteiger partial charge in [0.15, 0.2) is 0 Å². The maximum atomic E-state index is 9.49. The molecule has 0 bridgehead atoms. The molecule has 15 heavy (non-hydrogen) atoms. The molecule has 0 aliphatic carbocycles. The summed E-state index contributed by atoms with van der Waals surface area (Å²) in [5.41, 5.74) is 4.13. The van der Waals surface area contributed by atoms with Crippen LogP contribution < -0.4 is 0 Å². The van der Waals surface area contributed by atoms with Crippen LogP contribution >= 0.6 is 0 Å². The monoisotopic (exact) mass is 201 g/mol. The summed E-state index contributed by atoms with van der Waals surface area (Å²) in [5.74, 6) is 0. The fourth-order valence-electron chi connectivity index (χ4n) is 1.85. The SMILES string of the molecule is Cc1cc(C)c2ccc(C(C)O)cc2n1. The van der Waals surface area contributed by atoms with Crippen molar-refractivity contribution in [2.24, 2.45) is 0 Å². The number of hydrogen-bond acceptors (Lipinski definition) is 2. The number of aliphatic hydroxyl groups excluding tert-OH is 1. The third-order valence-electron chi connectivity index (χ3n) is 2.65. The number of fused-ring (bicyclic) bond motifs is 1. The smallest absolute Gasteiger partial charge is 0.0762 e. The third-order valence-corrected chi connectivity index (χ3v) is 2.65. The molecule has 1 atom stereocenters. The van der Waals surface area contributed by atoms with Gasteiger partial charge in [-0.1, -0.05) is 12.1 Å². The lowest BCUT2D eigenvalue weighted by Crippen LogP contribution is -1.93. The van der Waals surface area contributed by atoms with Crippen molar-refractivity contribution in [2.45, 2.75) is 26.9 Å². The Kier molecular flexibility index (Phi) is 2.45. The van der Waals surface area contributed by atoms with Crippen LogP contribution in [0.15, 0.2) is 24.3 Å². The summed E-state index contributed by atoms with van der Waals surface area (Å²) in [7, 11) is 0. The van der Waals surface area contributed by atoms with E-state index in [1.807, 2.05) is 25.1 Å². The first kappa shape index (κ1) is 10.1. The predicted octanol–water partition coefficient (Wildman–Crippen LogP) is 2.90. The molecule has 1 unspecified atom stereocenters. The lowest BCUT2D eigenvalue weighted by Gasteiger charge is -2.08. The van der Waals surface area contributed by atoms with E-state index in [2.05, 4.69) is 18.0 Å². The van der Waals surface area contributed by atoms with Crippen LogP contribution in [-0.2, 0) is 0 Å². The Morgan fingerprint density at radius 1 is 1.20 bits per heavy atom. The van der Waals surface area contributed by atoms with Gasteiger partial charge in [0.2, 0.25) is 0 Å². The van der Waals surface area contributed by atoms with Gasteiger partial charge in [0, 0.05) is 11.1 Å². The van der Waals surface area contributed by atoms with Gasteiger partial charge in [0.05, 0.1) is 11.6 Å². The highest BCUT2D eigenvalue weighted by atomic mass is 16.3. The van der Waals surface area contributed by atoms with Crippen LogP contribution in [0.4, 0.5) is 0 Å². The van der Waals surface area contributed by atoms with Crippen molar-refractivity contribution < 1.29 is 5.11 Å². The van der Waals surface area contributed by atoms with Crippen LogP contribution in [0.5, 0.6) is 0 Å². The first-order valence-corrected chi connectivity index (χ1v) is 5.14. The van der Waals surface area contributed by atoms with Crippen LogP contribution in [-0.4, -0.2) is 10.1 Å². The normalized spacial score (nSPS) is 13.1. The van der Waals surface area contributed by atoms with Crippen LogP contribution in [0.3, 0.4) is 0 Å². The Morgan fingerprint density at radius 3 is 2.60 bits per heavy atom. The van der Waals surface area contributed by atoms with Gasteiger partial charge in [-0.15, -0.1) is 0 Å². The first-order valence-electron chi connectivity index (χ1n) is 5.14. The van der Waals surface area contributed by atoms with E-state index >= 15 is 0 Å².